The van der Waals surface area contributed by atoms with Crippen molar-refractivity contribution in [3.8, 4) is 0 Å². The van der Waals surface area contributed by atoms with Crippen molar-refractivity contribution in [2.24, 2.45) is 0 Å². The Morgan fingerprint density at radius 3 is 2.76 bits per heavy atom. The van der Waals surface area contributed by atoms with Crippen LogP contribution >= 0.6 is 23.5 Å². The highest BCUT2D eigenvalue weighted by molar-refractivity contribution is 7.99. The number of carbonyl (C=O) groups excluding carboxylic acids is 1. The third-order valence-corrected chi connectivity index (χ3v) is 4.98. The number of hydrogen-bond donors (Lipinski definition) is 1. The highest BCUT2D eigenvalue weighted by Crippen LogP contribution is 2.33. The van der Waals surface area contributed by atoms with Crippen molar-refractivity contribution in [3.05, 3.63) is 5.82 Å². The minimum atomic E-state index is 0.115. The zero-order valence-electron chi connectivity index (χ0n) is 12.8. The van der Waals surface area contributed by atoms with Crippen LogP contribution in [0.15, 0.2) is 5.16 Å². The van der Waals surface area contributed by atoms with E-state index < -0.39 is 0 Å². The molecule has 0 saturated heterocycles. The molecule has 0 atom stereocenters. The maximum Gasteiger partial charge on any atom is 0.229 e. The minimum absolute atomic E-state index is 0.115. The lowest BCUT2D eigenvalue weighted by Gasteiger charge is -2.16. The number of aryl methyl sites for hydroxylation is 1. The van der Waals surface area contributed by atoms with Crippen molar-refractivity contribution in [2.75, 3.05) is 24.8 Å². The summed E-state index contributed by atoms with van der Waals surface area (Å²) in [6.07, 6.45) is 10.9. The molecule has 21 heavy (non-hydrogen) atoms. The van der Waals surface area contributed by atoms with Gasteiger partial charge in [-0.3, -0.25) is 4.79 Å². The summed E-state index contributed by atoms with van der Waals surface area (Å²) in [5, 5.41) is 12.6. The van der Waals surface area contributed by atoms with Gasteiger partial charge in [-0.25, -0.2) is 0 Å². The van der Waals surface area contributed by atoms with Crippen molar-refractivity contribution in [1.82, 2.24) is 20.1 Å². The normalized spacial score (nSPS) is 15.5. The van der Waals surface area contributed by atoms with Gasteiger partial charge in [0.15, 0.2) is 5.16 Å². The van der Waals surface area contributed by atoms with Gasteiger partial charge in [-0.05, 0) is 31.8 Å². The van der Waals surface area contributed by atoms with E-state index in [4.69, 9.17) is 0 Å². The van der Waals surface area contributed by atoms with E-state index in [0.29, 0.717) is 18.3 Å². The molecule has 0 radical (unpaired) electrons. The Morgan fingerprint density at radius 1 is 1.33 bits per heavy atom. The summed E-state index contributed by atoms with van der Waals surface area (Å²) in [5.74, 6) is 1.73. The number of carbonyl (C=O) groups is 1. The average molecular weight is 329 g/mol. The molecule has 1 fully saturated rings. The molecule has 0 spiro atoms. The topological polar surface area (TPSA) is 59.8 Å². The number of nitrogens with one attached hydrogen (secondary N) is 1. The molecule has 1 N–H and O–H groups in total. The molecule has 1 aliphatic carbocycles. The molecule has 0 bridgehead atoms. The van der Waals surface area contributed by atoms with Crippen LogP contribution in [-0.2, 0) is 11.2 Å². The fourth-order valence-electron chi connectivity index (χ4n) is 2.80. The molecule has 2 rings (SSSR count). The van der Waals surface area contributed by atoms with Crippen LogP contribution < -0.4 is 5.32 Å². The first-order valence-corrected chi connectivity index (χ1v) is 10.1. The second-order valence-electron chi connectivity index (χ2n) is 5.30. The Labute approximate surface area is 135 Å². The summed E-state index contributed by atoms with van der Waals surface area (Å²) in [7, 11) is 0. The summed E-state index contributed by atoms with van der Waals surface area (Å²) < 4.78 is 2.33. The predicted molar refractivity (Wildman–Crippen MR) is 89.0 cm³/mol. The van der Waals surface area contributed by atoms with Crippen molar-refractivity contribution < 1.29 is 4.79 Å². The first kappa shape index (κ1) is 16.7. The van der Waals surface area contributed by atoms with Crippen molar-refractivity contribution in [3.63, 3.8) is 0 Å². The highest BCUT2D eigenvalue weighted by Gasteiger charge is 2.23. The number of aromatic nitrogens is 3. The van der Waals surface area contributed by atoms with Crippen LogP contribution in [0.4, 0.5) is 0 Å². The van der Waals surface area contributed by atoms with Crippen molar-refractivity contribution in [2.45, 2.75) is 49.7 Å². The molecule has 1 aromatic heterocycles. The molecule has 5 nitrogen and oxygen atoms in total. The number of amides is 1. The van der Waals surface area contributed by atoms with Gasteiger partial charge in [0.1, 0.15) is 5.82 Å². The Morgan fingerprint density at radius 2 is 2.10 bits per heavy atom. The molecule has 1 saturated carbocycles. The number of thioether (sulfide) groups is 2. The van der Waals surface area contributed by atoms with Gasteiger partial charge in [0.05, 0.1) is 5.75 Å². The van der Waals surface area contributed by atoms with E-state index in [9.17, 15) is 4.79 Å². The Bertz CT molecular complexity index is 458. The summed E-state index contributed by atoms with van der Waals surface area (Å²) >= 11 is 3.22. The lowest BCUT2D eigenvalue weighted by atomic mass is 10.2. The molecule has 1 amide bonds. The molecule has 1 aromatic rings. The van der Waals surface area contributed by atoms with E-state index in [1.807, 2.05) is 6.26 Å². The Hall–Kier alpha value is -0.690. The van der Waals surface area contributed by atoms with Crippen LogP contribution in [0.2, 0.25) is 0 Å². The predicted octanol–water partition coefficient (Wildman–Crippen LogP) is 2.53. The summed E-state index contributed by atoms with van der Waals surface area (Å²) in [6.45, 7) is 0.714. The molecule has 0 aromatic carbocycles. The van der Waals surface area contributed by atoms with Gasteiger partial charge in [-0.2, -0.15) is 11.8 Å². The first-order valence-electron chi connectivity index (χ1n) is 7.49. The van der Waals surface area contributed by atoms with Crippen LogP contribution in [0.25, 0.3) is 0 Å². The highest BCUT2D eigenvalue weighted by atomic mass is 32.2. The monoisotopic (exact) mass is 328 g/mol. The lowest BCUT2D eigenvalue weighted by Crippen LogP contribution is -2.26. The van der Waals surface area contributed by atoms with Crippen molar-refractivity contribution in [1.29, 1.82) is 0 Å². The molecule has 118 valence electrons. The largest absolute Gasteiger partial charge is 0.355 e. The van der Waals surface area contributed by atoms with E-state index in [1.165, 1.54) is 25.7 Å². The van der Waals surface area contributed by atoms with Crippen LogP contribution in [0.3, 0.4) is 0 Å². The van der Waals surface area contributed by atoms with Gasteiger partial charge < -0.3 is 9.88 Å². The van der Waals surface area contributed by atoms with Crippen LogP contribution in [0.1, 0.15) is 44.0 Å². The number of hydrogen-bond acceptors (Lipinski definition) is 5. The van der Waals surface area contributed by atoms with Gasteiger partial charge in [-0.1, -0.05) is 24.6 Å². The quantitative estimate of drug-likeness (QED) is 0.587. The van der Waals surface area contributed by atoms with E-state index >= 15 is 0 Å². The van der Waals surface area contributed by atoms with E-state index in [1.54, 1.807) is 23.5 Å². The zero-order valence-corrected chi connectivity index (χ0v) is 14.4. The third-order valence-electron chi connectivity index (χ3n) is 3.78. The Kier molecular flexibility index (Phi) is 6.89. The summed E-state index contributed by atoms with van der Waals surface area (Å²) in [5.41, 5.74) is 0. The van der Waals surface area contributed by atoms with E-state index in [0.717, 1.165) is 23.8 Å². The van der Waals surface area contributed by atoms with Crippen LogP contribution in [0, 0.1) is 0 Å². The molecule has 1 aliphatic rings. The maximum atomic E-state index is 11.4. The summed E-state index contributed by atoms with van der Waals surface area (Å²) in [6, 6.07) is 0.573. The molecular weight excluding hydrogens is 304 g/mol. The summed E-state index contributed by atoms with van der Waals surface area (Å²) in [4.78, 5) is 11.4. The maximum absolute atomic E-state index is 11.4. The number of rotatable bonds is 8. The molecule has 0 unspecified atom stereocenters. The van der Waals surface area contributed by atoms with E-state index in [-0.39, 0.29) is 5.91 Å². The average Bonchev–Trinajstić information content (AvgIpc) is 3.12. The molecule has 7 heteroatoms. The standard InChI is InChI=1S/C14H24N4OS2/c1-20-10-13(19)15-9-5-8-12-16-17-14(21-2)18(12)11-6-3-4-7-11/h11H,3-10H2,1-2H3,(H,15,19). The smallest absolute Gasteiger partial charge is 0.229 e. The zero-order chi connectivity index (χ0) is 15.1. The molecular formula is C14H24N4OS2. The van der Waals surface area contributed by atoms with Gasteiger partial charge in [-0.15, -0.1) is 10.2 Å². The van der Waals surface area contributed by atoms with Gasteiger partial charge >= 0.3 is 0 Å². The van der Waals surface area contributed by atoms with Gasteiger partial charge in [0.25, 0.3) is 0 Å². The second-order valence-corrected chi connectivity index (χ2v) is 6.94. The minimum Gasteiger partial charge on any atom is -0.355 e. The Balaban J connectivity index is 1.88. The fraction of sp³-hybridized carbons (Fsp3) is 0.786. The first-order chi connectivity index (χ1) is 10.3. The van der Waals surface area contributed by atoms with Gasteiger partial charge in [0.2, 0.25) is 5.91 Å². The SMILES string of the molecule is CSCC(=O)NCCCc1nnc(SC)n1C1CCCC1. The van der Waals surface area contributed by atoms with Crippen LogP contribution in [-0.4, -0.2) is 45.5 Å². The third kappa shape index (κ3) is 4.64. The van der Waals surface area contributed by atoms with Gasteiger partial charge in [0, 0.05) is 19.0 Å². The van der Waals surface area contributed by atoms with Crippen LogP contribution in [0.5, 0.6) is 0 Å². The van der Waals surface area contributed by atoms with Crippen molar-refractivity contribution >= 4 is 29.4 Å². The molecule has 1 heterocycles. The fourth-order valence-corrected chi connectivity index (χ4v) is 3.74. The number of nitrogens with zero attached hydrogens (tertiary/aromatic N) is 3. The molecule has 0 aliphatic heterocycles. The lowest BCUT2D eigenvalue weighted by molar-refractivity contribution is -0.118. The van der Waals surface area contributed by atoms with E-state index in [2.05, 4.69) is 26.3 Å². The second kappa shape index (κ2) is 8.68.